The van der Waals surface area contributed by atoms with Crippen LogP contribution in [0.3, 0.4) is 0 Å². The molecule has 3 aromatic rings. The summed E-state index contributed by atoms with van der Waals surface area (Å²) < 4.78 is 10.6. The van der Waals surface area contributed by atoms with Crippen LogP contribution in [0.4, 0.5) is 0 Å². The zero-order valence-electron chi connectivity index (χ0n) is 17.9. The summed E-state index contributed by atoms with van der Waals surface area (Å²) >= 11 is 1.21. The molecule has 2 aromatic carbocycles. The molecule has 10 heteroatoms. The second kappa shape index (κ2) is 11.2. The van der Waals surface area contributed by atoms with Gasteiger partial charge in [-0.1, -0.05) is 42.1 Å². The third kappa shape index (κ3) is 6.24. The van der Waals surface area contributed by atoms with Crippen molar-refractivity contribution in [3.05, 3.63) is 54.1 Å². The first kappa shape index (κ1) is 23.1. The quantitative estimate of drug-likeness (QED) is 0.426. The van der Waals surface area contributed by atoms with Gasteiger partial charge in [-0.15, -0.1) is 5.10 Å². The molecule has 0 fully saturated rings. The van der Waals surface area contributed by atoms with Crippen molar-refractivity contribution < 1.29 is 19.1 Å². The molecular weight excluding hydrogens is 430 g/mol. The van der Waals surface area contributed by atoms with E-state index >= 15 is 0 Å². The van der Waals surface area contributed by atoms with E-state index in [1.165, 1.54) is 11.8 Å². The van der Waals surface area contributed by atoms with Crippen LogP contribution in [0.25, 0.3) is 11.4 Å². The van der Waals surface area contributed by atoms with E-state index in [9.17, 15) is 9.59 Å². The fourth-order valence-corrected chi connectivity index (χ4v) is 3.69. The Kier molecular flexibility index (Phi) is 8.09. The lowest BCUT2D eigenvalue weighted by molar-refractivity contribution is -0.129. The van der Waals surface area contributed by atoms with Crippen molar-refractivity contribution in [3.63, 3.8) is 0 Å². The zero-order valence-corrected chi connectivity index (χ0v) is 18.7. The number of nitrogens with zero attached hydrogens (tertiary/aromatic N) is 3. The number of aromatic nitrogens is 3. The van der Waals surface area contributed by atoms with E-state index in [0.717, 1.165) is 11.1 Å². The Labute approximate surface area is 190 Å². The van der Waals surface area contributed by atoms with Crippen molar-refractivity contribution in [2.75, 3.05) is 26.5 Å². The summed E-state index contributed by atoms with van der Waals surface area (Å²) in [6.07, 6.45) is 0.102. The molecule has 0 saturated carbocycles. The Morgan fingerprint density at radius 2 is 1.91 bits per heavy atom. The number of amides is 2. The fourth-order valence-electron chi connectivity index (χ4n) is 2.98. The monoisotopic (exact) mass is 455 g/mol. The summed E-state index contributed by atoms with van der Waals surface area (Å²) in [4.78, 5) is 30.1. The minimum atomic E-state index is -0.449. The van der Waals surface area contributed by atoms with E-state index in [4.69, 9.17) is 15.2 Å². The molecular formula is C22H25N5O4S. The summed E-state index contributed by atoms with van der Waals surface area (Å²) in [5.74, 6) is 1.33. The van der Waals surface area contributed by atoms with E-state index in [1.54, 1.807) is 31.3 Å². The zero-order chi connectivity index (χ0) is 22.9. The molecule has 0 aliphatic rings. The van der Waals surface area contributed by atoms with Crippen LogP contribution in [-0.2, 0) is 16.1 Å². The molecule has 0 radical (unpaired) electrons. The van der Waals surface area contributed by atoms with Gasteiger partial charge < -0.3 is 20.1 Å². The summed E-state index contributed by atoms with van der Waals surface area (Å²) in [6, 6.07) is 15.0. The van der Waals surface area contributed by atoms with Crippen molar-refractivity contribution >= 4 is 23.6 Å². The van der Waals surface area contributed by atoms with Gasteiger partial charge in [0.15, 0.2) is 5.82 Å². The van der Waals surface area contributed by atoms with Gasteiger partial charge in [-0.2, -0.15) is 0 Å². The molecule has 0 atom stereocenters. The van der Waals surface area contributed by atoms with Crippen LogP contribution in [0.2, 0.25) is 0 Å². The average molecular weight is 456 g/mol. The van der Waals surface area contributed by atoms with Crippen LogP contribution in [0, 0.1) is 0 Å². The Balaban J connectivity index is 1.66. The van der Waals surface area contributed by atoms with Gasteiger partial charge in [-0.05, 0) is 17.7 Å². The number of nitrogens with two attached hydrogens (primary N) is 1. The minimum Gasteiger partial charge on any atom is -0.497 e. The van der Waals surface area contributed by atoms with E-state index < -0.39 is 5.91 Å². The van der Waals surface area contributed by atoms with Crippen molar-refractivity contribution in [3.8, 4) is 22.9 Å². The fraction of sp³-hybridized carbons (Fsp3) is 0.273. The Morgan fingerprint density at radius 1 is 1.12 bits per heavy atom. The molecule has 2 amide bonds. The van der Waals surface area contributed by atoms with Gasteiger partial charge in [0.1, 0.15) is 11.5 Å². The molecule has 3 rings (SSSR count). The van der Waals surface area contributed by atoms with Crippen LogP contribution in [0.5, 0.6) is 11.5 Å². The number of ether oxygens (including phenoxy) is 2. The van der Waals surface area contributed by atoms with E-state index in [0.29, 0.717) is 29.0 Å². The van der Waals surface area contributed by atoms with Crippen LogP contribution in [0.15, 0.2) is 53.7 Å². The number of hydrogen-bond acceptors (Lipinski definition) is 7. The number of rotatable bonds is 11. The molecule has 32 heavy (non-hydrogen) atoms. The molecule has 168 valence electrons. The smallest absolute Gasteiger partial charge is 0.233 e. The van der Waals surface area contributed by atoms with Crippen LogP contribution >= 0.6 is 11.8 Å². The third-order valence-corrected chi connectivity index (χ3v) is 5.48. The lowest BCUT2D eigenvalue weighted by Crippen LogP contribution is -2.34. The van der Waals surface area contributed by atoms with E-state index in [2.05, 4.69) is 15.2 Å². The van der Waals surface area contributed by atoms with Crippen molar-refractivity contribution in [1.82, 2.24) is 20.1 Å². The minimum absolute atomic E-state index is 0.102. The maximum Gasteiger partial charge on any atom is 0.233 e. The maximum absolute atomic E-state index is 12.8. The number of carbonyl (C=O) groups excluding carboxylic acids is 2. The molecule has 0 bridgehead atoms. The molecule has 9 nitrogen and oxygen atoms in total. The highest BCUT2D eigenvalue weighted by atomic mass is 32.2. The van der Waals surface area contributed by atoms with Gasteiger partial charge in [0.2, 0.25) is 17.0 Å². The van der Waals surface area contributed by atoms with Gasteiger partial charge in [-0.25, -0.2) is 4.98 Å². The standard InChI is InChI=1S/C22H25N5O4S/c1-30-16-8-9-17(18(12-16)31-2)21-24-22(26-25-21)32-14-20(29)27(11-10-19(23)28)13-15-6-4-3-5-7-15/h3-9,12H,10-11,13-14H2,1-2H3,(H2,23,28)(H,24,25,26). The number of aromatic amines is 1. The molecule has 0 saturated heterocycles. The van der Waals surface area contributed by atoms with E-state index in [1.807, 2.05) is 36.4 Å². The van der Waals surface area contributed by atoms with Crippen LogP contribution < -0.4 is 15.2 Å². The highest BCUT2D eigenvalue weighted by Gasteiger charge is 2.18. The predicted molar refractivity (Wildman–Crippen MR) is 121 cm³/mol. The van der Waals surface area contributed by atoms with E-state index in [-0.39, 0.29) is 24.6 Å². The summed E-state index contributed by atoms with van der Waals surface area (Å²) in [7, 11) is 3.15. The Morgan fingerprint density at radius 3 is 2.59 bits per heavy atom. The number of carbonyl (C=O) groups is 2. The topological polar surface area (TPSA) is 123 Å². The summed E-state index contributed by atoms with van der Waals surface area (Å²) in [5, 5.41) is 7.50. The number of nitrogens with one attached hydrogen (secondary N) is 1. The molecule has 0 aliphatic carbocycles. The Bertz CT molecular complexity index is 1060. The number of primary amides is 1. The summed E-state index contributed by atoms with van der Waals surface area (Å²) in [5.41, 5.74) is 6.98. The van der Waals surface area contributed by atoms with Gasteiger partial charge in [-0.3, -0.25) is 14.7 Å². The first-order valence-electron chi connectivity index (χ1n) is 9.87. The van der Waals surface area contributed by atoms with Crippen molar-refractivity contribution in [2.45, 2.75) is 18.1 Å². The Hall–Kier alpha value is -3.53. The average Bonchev–Trinajstić information content (AvgIpc) is 3.29. The second-order valence-corrected chi connectivity index (χ2v) is 7.78. The van der Waals surface area contributed by atoms with Crippen molar-refractivity contribution in [1.29, 1.82) is 0 Å². The summed E-state index contributed by atoms with van der Waals surface area (Å²) in [6.45, 7) is 0.654. The van der Waals surface area contributed by atoms with Crippen LogP contribution in [0.1, 0.15) is 12.0 Å². The number of thioether (sulfide) groups is 1. The lowest BCUT2D eigenvalue weighted by Gasteiger charge is -2.22. The SMILES string of the molecule is COc1ccc(-c2nc(SCC(=O)N(CCC(N)=O)Cc3ccccc3)n[nH]2)c(OC)c1. The van der Waals surface area contributed by atoms with Gasteiger partial charge >= 0.3 is 0 Å². The molecule has 0 unspecified atom stereocenters. The predicted octanol–water partition coefficient (Wildman–Crippen LogP) is 2.49. The maximum atomic E-state index is 12.8. The number of benzene rings is 2. The molecule has 1 aromatic heterocycles. The first-order valence-corrected chi connectivity index (χ1v) is 10.9. The second-order valence-electron chi connectivity index (χ2n) is 6.84. The number of hydrogen-bond donors (Lipinski definition) is 2. The van der Waals surface area contributed by atoms with Crippen LogP contribution in [-0.4, -0.2) is 58.4 Å². The highest BCUT2D eigenvalue weighted by Crippen LogP contribution is 2.32. The van der Waals surface area contributed by atoms with Crippen molar-refractivity contribution in [2.24, 2.45) is 5.73 Å². The molecule has 3 N–H and O–H groups in total. The third-order valence-electron chi connectivity index (χ3n) is 4.65. The molecule has 0 aliphatic heterocycles. The molecule has 0 spiro atoms. The number of methoxy groups -OCH3 is 2. The van der Waals surface area contributed by atoms with Gasteiger partial charge in [0.05, 0.1) is 25.5 Å². The normalized spacial score (nSPS) is 10.6. The van der Waals surface area contributed by atoms with Gasteiger partial charge in [0, 0.05) is 25.6 Å². The largest absolute Gasteiger partial charge is 0.497 e. The van der Waals surface area contributed by atoms with Gasteiger partial charge in [0.25, 0.3) is 0 Å². The highest BCUT2D eigenvalue weighted by molar-refractivity contribution is 7.99. The number of H-pyrrole nitrogens is 1. The lowest BCUT2D eigenvalue weighted by atomic mass is 10.2. The first-order chi connectivity index (χ1) is 15.5. The molecule has 1 heterocycles.